The van der Waals surface area contributed by atoms with Gasteiger partial charge in [-0.2, -0.15) is 0 Å². The monoisotopic (exact) mass is 257 g/mol. The summed E-state index contributed by atoms with van der Waals surface area (Å²) in [7, 11) is 1.76. The second-order valence-electron chi connectivity index (χ2n) is 4.39. The molecule has 0 bridgehead atoms. The van der Waals surface area contributed by atoms with Gasteiger partial charge in [-0.15, -0.1) is 5.10 Å². The second-order valence-corrected chi connectivity index (χ2v) is 4.39. The molecule has 0 aliphatic rings. The number of halogens is 1. The lowest BCUT2D eigenvalue weighted by molar-refractivity contribution is 0.221. The molecule has 1 N–H and O–H groups in total. The van der Waals surface area contributed by atoms with Crippen LogP contribution in [0.4, 0.5) is 4.39 Å². The van der Waals surface area contributed by atoms with Crippen molar-refractivity contribution in [2.75, 3.05) is 0 Å². The van der Waals surface area contributed by atoms with E-state index in [0.717, 1.165) is 5.52 Å². The Balaban J connectivity index is 2.16. The van der Waals surface area contributed by atoms with Crippen LogP contribution in [0.3, 0.4) is 0 Å². The van der Waals surface area contributed by atoms with E-state index < -0.39 is 6.10 Å². The lowest BCUT2D eigenvalue weighted by Crippen LogP contribution is -2.03. The van der Waals surface area contributed by atoms with Crippen LogP contribution in [0, 0.1) is 5.82 Å². The molecule has 19 heavy (non-hydrogen) atoms. The average molecular weight is 257 g/mol. The SMILES string of the molecule is Cn1nnc2cccc(C(O)c3cccc(F)c3)c21. The molecule has 4 nitrogen and oxygen atoms in total. The maximum absolute atomic E-state index is 13.2. The summed E-state index contributed by atoms with van der Waals surface area (Å²) < 4.78 is 14.8. The van der Waals surface area contributed by atoms with Gasteiger partial charge in [-0.05, 0) is 23.8 Å². The molecule has 0 aliphatic carbocycles. The van der Waals surface area contributed by atoms with Crippen LogP contribution in [0.5, 0.6) is 0 Å². The van der Waals surface area contributed by atoms with Crippen molar-refractivity contribution < 1.29 is 9.50 Å². The van der Waals surface area contributed by atoms with Crippen LogP contribution in [0.2, 0.25) is 0 Å². The molecule has 1 heterocycles. The van der Waals surface area contributed by atoms with Gasteiger partial charge in [0.2, 0.25) is 0 Å². The summed E-state index contributed by atoms with van der Waals surface area (Å²) in [6, 6.07) is 11.4. The highest BCUT2D eigenvalue weighted by Crippen LogP contribution is 2.27. The Kier molecular flexibility index (Phi) is 2.76. The van der Waals surface area contributed by atoms with E-state index in [2.05, 4.69) is 10.3 Å². The molecular formula is C14H12FN3O. The van der Waals surface area contributed by atoms with Gasteiger partial charge in [-0.1, -0.05) is 29.5 Å². The summed E-state index contributed by atoms with van der Waals surface area (Å²) >= 11 is 0. The van der Waals surface area contributed by atoms with E-state index in [1.807, 2.05) is 6.07 Å². The first-order valence-electron chi connectivity index (χ1n) is 5.88. The number of aliphatic hydroxyl groups is 1. The van der Waals surface area contributed by atoms with Crippen LogP contribution in [-0.4, -0.2) is 20.1 Å². The Morgan fingerprint density at radius 2 is 2.00 bits per heavy atom. The zero-order valence-corrected chi connectivity index (χ0v) is 10.3. The summed E-state index contributed by atoms with van der Waals surface area (Å²) in [4.78, 5) is 0. The van der Waals surface area contributed by atoms with Gasteiger partial charge in [0.05, 0.1) is 5.52 Å². The zero-order valence-electron chi connectivity index (χ0n) is 10.3. The summed E-state index contributed by atoms with van der Waals surface area (Å²) in [6.07, 6.45) is -0.906. The Morgan fingerprint density at radius 1 is 1.21 bits per heavy atom. The first-order chi connectivity index (χ1) is 9.16. The highest BCUT2D eigenvalue weighted by atomic mass is 19.1. The van der Waals surface area contributed by atoms with Crippen molar-refractivity contribution in [2.24, 2.45) is 7.05 Å². The first-order valence-corrected chi connectivity index (χ1v) is 5.88. The normalized spacial score (nSPS) is 12.8. The van der Waals surface area contributed by atoms with Crippen LogP contribution < -0.4 is 0 Å². The van der Waals surface area contributed by atoms with Crippen LogP contribution in [0.1, 0.15) is 17.2 Å². The van der Waals surface area contributed by atoms with Gasteiger partial charge >= 0.3 is 0 Å². The predicted molar refractivity (Wildman–Crippen MR) is 69.0 cm³/mol. The van der Waals surface area contributed by atoms with Crippen molar-refractivity contribution in [3.8, 4) is 0 Å². The molecule has 0 amide bonds. The fraction of sp³-hybridized carbons (Fsp3) is 0.143. The number of aromatic nitrogens is 3. The second kappa shape index (κ2) is 4.44. The molecule has 1 unspecified atom stereocenters. The van der Waals surface area contributed by atoms with E-state index in [0.29, 0.717) is 16.6 Å². The van der Waals surface area contributed by atoms with Gasteiger partial charge in [0.25, 0.3) is 0 Å². The third-order valence-corrected chi connectivity index (χ3v) is 3.12. The molecular weight excluding hydrogens is 245 g/mol. The largest absolute Gasteiger partial charge is 0.384 e. The number of hydrogen-bond donors (Lipinski definition) is 1. The molecule has 0 spiro atoms. The van der Waals surface area contributed by atoms with Gasteiger partial charge in [0, 0.05) is 12.6 Å². The number of fused-ring (bicyclic) bond motifs is 1. The molecule has 3 aromatic rings. The fourth-order valence-electron chi connectivity index (χ4n) is 2.22. The molecule has 0 fully saturated rings. The minimum atomic E-state index is -0.906. The smallest absolute Gasteiger partial charge is 0.123 e. The summed E-state index contributed by atoms with van der Waals surface area (Å²) in [6.45, 7) is 0. The fourth-order valence-corrected chi connectivity index (χ4v) is 2.22. The molecule has 0 radical (unpaired) electrons. The minimum Gasteiger partial charge on any atom is -0.384 e. The summed E-state index contributed by atoms with van der Waals surface area (Å²) in [5, 5.41) is 18.4. The quantitative estimate of drug-likeness (QED) is 0.765. The molecule has 0 saturated carbocycles. The van der Waals surface area contributed by atoms with Gasteiger partial charge in [-0.25, -0.2) is 9.07 Å². The minimum absolute atomic E-state index is 0.369. The van der Waals surface area contributed by atoms with Crippen molar-refractivity contribution in [3.63, 3.8) is 0 Å². The molecule has 1 aromatic heterocycles. The maximum atomic E-state index is 13.2. The van der Waals surface area contributed by atoms with Crippen LogP contribution in [0.15, 0.2) is 42.5 Å². The molecule has 0 saturated heterocycles. The Bertz CT molecular complexity index is 738. The highest BCUT2D eigenvalue weighted by molar-refractivity contribution is 5.78. The lowest BCUT2D eigenvalue weighted by Gasteiger charge is -2.13. The van der Waals surface area contributed by atoms with E-state index in [9.17, 15) is 9.50 Å². The van der Waals surface area contributed by atoms with Gasteiger partial charge in [0.15, 0.2) is 0 Å². The van der Waals surface area contributed by atoms with Crippen LogP contribution in [0.25, 0.3) is 11.0 Å². The van der Waals surface area contributed by atoms with Crippen LogP contribution in [-0.2, 0) is 7.05 Å². The van der Waals surface area contributed by atoms with E-state index in [1.165, 1.54) is 12.1 Å². The third kappa shape index (κ3) is 1.98. The topological polar surface area (TPSA) is 50.9 Å². The summed E-state index contributed by atoms with van der Waals surface area (Å²) in [5.74, 6) is -0.369. The Hall–Kier alpha value is -2.27. The molecule has 3 rings (SSSR count). The standard InChI is InChI=1S/C14H12FN3O/c1-18-13-11(6-3-7-12(13)16-17-18)14(19)9-4-2-5-10(15)8-9/h2-8,14,19H,1H3. The number of rotatable bonds is 2. The molecule has 2 aromatic carbocycles. The first kappa shape index (κ1) is 11.8. The average Bonchev–Trinajstić information content (AvgIpc) is 2.80. The van der Waals surface area contributed by atoms with Gasteiger partial charge in [-0.3, -0.25) is 0 Å². The third-order valence-electron chi connectivity index (χ3n) is 3.12. The van der Waals surface area contributed by atoms with Crippen molar-refractivity contribution in [2.45, 2.75) is 6.10 Å². The number of nitrogens with zero attached hydrogens (tertiary/aromatic N) is 3. The summed E-state index contributed by atoms with van der Waals surface area (Å²) in [5.41, 5.74) is 2.62. The van der Waals surface area contributed by atoms with Gasteiger partial charge in [0.1, 0.15) is 17.4 Å². The van der Waals surface area contributed by atoms with Crippen molar-refractivity contribution in [3.05, 3.63) is 59.4 Å². The molecule has 1 atom stereocenters. The number of para-hydroxylation sites is 1. The van der Waals surface area contributed by atoms with E-state index in [4.69, 9.17) is 0 Å². The van der Waals surface area contributed by atoms with E-state index >= 15 is 0 Å². The Morgan fingerprint density at radius 3 is 2.79 bits per heavy atom. The molecule has 5 heteroatoms. The zero-order chi connectivity index (χ0) is 13.4. The maximum Gasteiger partial charge on any atom is 0.123 e. The molecule has 0 aliphatic heterocycles. The number of aliphatic hydroxyl groups excluding tert-OH is 1. The van der Waals surface area contributed by atoms with Crippen LogP contribution >= 0.6 is 0 Å². The number of aryl methyl sites for hydroxylation is 1. The number of benzene rings is 2. The highest BCUT2D eigenvalue weighted by Gasteiger charge is 2.16. The predicted octanol–water partition coefficient (Wildman–Crippen LogP) is 2.19. The molecule has 96 valence electrons. The van der Waals surface area contributed by atoms with E-state index in [-0.39, 0.29) is 5.82 Å². The van der Waals surface area contributed by atoms with E-state index in [1.54, 1.807) is 36.0 Å². The van der Waals surface area contributed by atoms with Crippen molar-refractivity contribution in [1.29, 1.82) is 0 Å². The number of hydrogen-bond acceptors (Lipinski definition) is 3. The lowest BCUT2D eigenvalue weighted by atomic mass is 10.00. The van der Waals surface area contributed by atoms with Gasteiger partial charge < -0.3 is 5.11 Å². The Labute approximate surface area is 109 Å². The van der Waals surface area contributed by atoms with Crippen molar-refractivity contribution >= 4 is 11.0 Å². The van der Waals surface area contributed by atoms with Crippen molar-refractivity contribution in [1.82, 2.24) is 15.0 Å².